The van der Waals surface area contributed by atoms with Crippen molar-refractivity contribution in [2.75, 3.05) is 6.54 Å². The molecule has 1 heterocycles. The van der Waals surface area contributed by atoms with Gasteiger partial charge in [0.25, 0.3) is 0 Å². The highest BCUT2D eigenvalue weighted by molar-refractivity contribution is 5.79. The van der Waals surface area contributed by atoms with E-state index in [4.69, 9.17) is 5.73 Å². The van der Waals surface area contributed by atoms with E-state index >= 15 is 0 Å². The van der Waals surface area contributed by atoms with Gasteiger partial charge in [-0.15, -0.1) is 0 Å². The SMILES string of the molecule is CCN(C(=O)Cc1ncccc1C)C1CCC(N)CC1. The third kappa shape index (κ3) is 3.57. The van der Waals surface area contributed by atoms with Crippen molar-refractivity contribution in [1.29, 1.82) is 0 Å². The van der Waals surface area contributed by atoms with Gasteiger partial charge in [0.15, 0.2) is 0 Å². The fourth-order valence-corrected chi connectivity index (χ4v) is 3.00. The maximum Gasteiger partial charge on any atom is 0.228 e. The van der Waals surface area contributed by atoms with Gasteiger partial charge in [0.05, 0.1) is 12.1 Å². The molecule has 2 rings (SSSR count). The first-order chi connectivity index (χ1) is 9.61. The van der Waals surface area contributed by atoms with Crippen LogP contribution in [0.4, 0.5) is 0 Å². The minimum Gasteiger partial charge on any atom is -0.340 e. The van der Waals surface area contributed by atoms with E-state index in [1.807, 2.05) is 24.0 Å². The van der Waals surface area contributed by atoms with E-state index < -0.39 is 0 Å². The van der Waals surface area contributed by atoms with Crippen molar-refractivity contribution in [2.24, 2.45) is 5.73 Å². The van der Waals surface area contributed by atoms with E-state index in [1.54, 1.807) is 6.20 Å². The maximum atomic E-state index is 12.5. The zero-order valence-electron chi connectivity index (χ0n) is 12.5. The van der Waals surface area contributed by atoms with E-state index in [-0.39, 0.29) is 5.91 Å². The van der Waals surface area contributed by atoms with E-state index in [2.05, 4.69) is 11.9 Å². The Labute approximate surface area is 121 Å². The van der Waals surface area contributed by atoms with Gasteiger partial charge < -0.3 is 10.6 Å². The molecule has 0 aliphatic heterocycles. The van der Waals surface area contributed by atoms with Gasteiger partial charge in [-0.2, -0.15) is 0 Å². The molecule has 0 saturated heterocycles. The lowest BCUT2D eigenvalue weighted by molar-refractivity contribution is -0.133. The third-order valence-electron chi connectivity index (χ3n) is 4.28. The lowest BCUT2D eigenvalue weighted by atomic mass is 9.90. The fraction of sp³-hybridized carbons (Fsp3) is 0.625. The number of hydrogen-bond acceptors (Lipinski definition) is 3. The minimum absolute atomic E-state index is 0.190. The highest BCUT2D eigenvalue weighted by Crippen LogP contribution is 2.22. The smallest absolute Gasteiger partial charge is 0.228 e. The Bertz CT molecular complexity index is 453. The predicted octanol–water partition coefficient (Wildman–Crippen LogP) is 2.05. The summed E-state index contributed by atoms with van der Waals surface area (Å²) in [5.74, 6) is 0.190. The van der Waals surface area contributed by atoms with Crippen molar-refractivity contribution in [3.8, 4) is 0 Å². The summed E-state index contributed by atoms with van der Waals surface area (Å²) in [6, 6.07) is 4.59. The molecule has 0 atom stereocenters. The molecule has 0 unspecified atom stereocenters. The molecule has 1 aromatic rings. The summed E-state index contributed by atoms with van der Waals surface area (Å²) in [5, 5.41) is 0. The Morgan fingerprint density at radius 1 is 1.40 bits per heavy atom. The summed E-state index contributed by atoms with van der Waals surface area (Å²) in [6.07, 6.45) is 6.27. The largest absolute Gasteiger partial charge is 0.340 e. The van der Waals surface area contributed by atoms with Gasteiger partial charge in [-0.25, -0.2) is 0 Å². The molecule has 0 bridgehead atoms. The molecule has 4 heteroatoms. The number of nitrogens with two attached hydrogens (primary N) is 1. The van der Waals surface area contributed by atoms with E-state index in [9.17, 15) is 4.79 Å². The second-order valence-electron chi connectivity index (χ2n) is 5.69. The van der Waals surface area contributed by atoms with Gasteiger partial charge in [0.2, 0.25) is 5.91 Å². The Morgan fingerprint density at radius 2 is 2.10 bits per heavy atom. The number of aryl methyl sites for hydroxylation is 1. The highest BCUT2D eigenvalue weighted by atomic mass is 16.2. The minimum atomic E-state index is 0.190. The Morgan fingerprint density at radius 3 is 2.70 bits per heavy atom. The summed E-state index contributed by atoms with van der Waals surface area (Å²) in [4.78, 5) is 18.9. The van der Waals surface area contributed by atoms with Gasteiger partial charge in [0, 0.05) is 24.8 Å². The molecule has 4 nitrogen and oxygen atoms in total. The summed E-state index contributed by atoms with van der Waals surface area (Å²) in [7, 11) is 0. The molecule has 1 saturated carbocycles. The molecule has 0 radical (unpaired) electrons. The molecule has 20 heavy (non-hydrogen) atoms. The fourth-order valence-electron chi connectivity index (χ4n) is 3.00. The number of carbonyl (C=O) groups is 1. The van der Waals surface area contributed by atoms with Crippen molar-refractivity contribution in [1.82, 2.24) is 9.88 Å². The van der Waals surface area contributed by atoms with Crippen molar-refractivity contribution in [3.05, 3.63) is 29.6 Å². The highest BCUT2D eigenvalue weighted by Gasteiger charge is 2.26. The van der Waals surface area contributed by atoms with Crippen LogP contribution in [-0.4, -0.2) is 34.4 Å². The van der Waals surface area contributed by atoms with Crippen molar-refractivity contribution in [2.45, 2.75) is 58.0 Å². The molecule has 1 aliphatic rings. The summed E-state index contributed by atoms with van der Waals surface area (Å²) in [5.41, 5.74) is 7.92. The average Bonchev–Trinajstić information content (AvgIpc) is 2.44. The summed E-state index contributed by atoms with van der Waals surface area (Å²) >= 11 is 0. The Hall–Kier alpha value is -1.42. The van der Waals surface area contributed by atoms with Gasteiger partial charge in [-0.1, -0.05) is 6.07 Å². The Balaban J connectivity index is 2.00. The van der Waals surface area contributed by atoms with Gasteiger partial charge in [-0.3, -0.25) is 9.78 Å². The standard InChI is InChI=1S/C16H25N3O/c1-3-19(14-8-6-13(17)7-9-14)16(20)11-15-12(2)5-4-10-18-15/h4-5,10,13-14H,3,6-9,11,17H2,1-2H3. The zero-order chi connectivity index (χ0) is 14.5. The number of amides is 1. The number of carbonyl (C=O) groups excluding carboxylic acids is 1. The molecule has 0 spiro atoms. The molecular weight excluding hydrogens is 250 g/mol. The van der Waals surface area contributed by atoms with Gasteiger partial charge in [0.1, 0.15) is 0 Å². The van der Waals surface area contributed by atoms with Crippen LogP contribution in [0.5, 0.6) is 0 Å². The number of rotatable bonds is 4. The Kier molecular flexibility index (Phi) is 5.12. The van der Waals surface area contributed by atoms with Crippen molar-refractivity contribution >= 4 is 5.91 Å². The predicted molar refractivity (Wildman–Crippen MR) is 80.3 cm³/mol. The molecule has 2 N–H and O–H groups in total. The second kappa shape index (κ2) is 6.84. The average molecular weight is 275 g/mol. The van der Waals surface area contributed by atoms with Crippen molar-refractivity contribution in [3.63, 3.8) is 0 Å². The third-order valence-corrected chi connectivity index (χ3v) is 4.28. The summed E-state index contributed by atoms with van der Waals surface area (Å²) in [6.45, 7) is 4.83. The van der Waals surface area contributed by atoms with Crippen LogP contribution < -0.4 is 5.73 Å². The van der Waals surface area contributed by atoms with Crippen LogP contribution >= 0.6 is 0 Å². The number of nitrogens with zero attached hydrogens (tertiary/aromatic N) is 2. The topological polar surface area (TPSA) is 59.2 Å². The normalized spacial score (nSPS) is 22.6. The molecule has 1 aliphatic carbocycles. The van der Waals surface area contributed by atoms with Crippen LogP contribution in [0, 0.1) is 6.92 Å². The van der Waals surface area contributed by atoms with Crippen LogP contribution in [0.3, 0.4) is 0 Å². The first kappa shape index (κ1) is 15.0. The molecule has 110 valence electrons. The van der Waals surface area contributed by atoms with Crippen molar-refractivity contribution < 1.29 is 4.79 Å². The number of hydrogen-bond donors (Lipinski definition) is 1. The van der Waals surface area contributed by atoms with Crippen LogP contribution in [0.1, 0.15) is 43.9 Å². The lowest BCUT2D eigenvalue weighted by Crippen LogP contribution is -2.44. The lowest BCUT2D eigenvalue weighted by Gasteiger charge is -2.35. The molecule has 1 aromatic heterocycles. The first-order valence-electron chi connectivity index (χ1n) is 7.57. The van der Waals surface area contributed by atoms with Gasteiger partial charge in [-0.05, 0) is 51.2 Å². The van der Waals surface area contributed by atoms with E-state index in [0.717, 1.165) is 43.5 Å². The van der Waals surface area contributed by atoms with Crippen LogP contribution in [0.25, 0.3) is 0 Å². The quantitative estimate of drug-likeness (QED) is 0.915. The number of likely N-dealkylation sites (N-methyl/N-ethyl adjacent to an activating group) is 1. The first-order valence-corrected chi connectivity index (χ1v) is 7.57. The van der Waals surface area contributed by atoms with Gasteiger partial charge >= 0.3 is 0 Å². The van der Waals surface area contributed by atoms with Crippen LogP contribution in [-0.2, 0) is 11.2 Å². The molecular formula is C16H25N3O. The van der Waals surface area contributed by atoms with Crippen LogP contribution in [0.15, 0.2) is 18.3 Å². The maximum absolute atomic E-state index is 12.5. The molecule has 1 amide bonds. The number of aromatic nitrogens is 1. The second-order valence-corrected chi connectivity index (χ2v) is 5.69. The summed E-state index contributed by atoms with van der Waals surface area (Å²) < 4.78 is 0. The molecule has 0 aromatic carbocycles. The molecule has 1 fully saturated rings. The van der Waals surface area contributed by atoms with E-state index in [0.29, 0.717) is 18.5 Å². The van der Waals surface area contributed by atoms with Crippen LogP contribution in [0.2, 0.25) is 0 Å². The monoisotopic (exact) mass is 275 g/mol. The van der Waals surface area contributed by atoms with E-state index in [1.165, 1.54) is 0 Å². The number of pyridine rings is 1. The zero-order valence-corrected chi connectivity index (χ0v) is 12.5.